The predicted octanol–water partition coefficient (Wildman–Crippen LogP) is 2.34. The Balaban J connectivity index is 1.91. The molecule has 1 heterocycles. The van der Waals surface area contributed by atoms with Crippen molar-refractivity contribution >= 4 is 12.0 Å². The highest BCUT2D eigenvalue weighted by Crippen LogP contribution is 2.17. The summed E-state index contributed by atoms with van der Waals surface area (Å²) in [5.74, 6) is -0.223. The topological polar surface area (TPSA) is 55.8 Å². The van der Waals surface area contributed by atoms with E-state index in [2.05, 4.69) is 0 Å². The standard InChI is InChI=1S/C14H16O4/c15-14(16)7-6-11-3-1-4-12(9-11)18-10-13-5-2-8-17-13/h1,3-4,6-7,9,13H,2,5,8,10H2,(H,15,16)/b7-6+. The largest absolute Gasteiger partial charge is 0.491 e. The van der Waals surface area contributed by atoms with E-state index in [1.54, 1.807) is 6.08 Å². The number of carbonyl (C=O) groups is 1. The first-order valence-electron chi connectivity index (χ1n) is 5.99. The van der Waals surface area contributed by atoms with Crippen LogP contribution in [0.2, 0.25) is 0 Å². The van der Waals surface area contributed by atoms with Gasteiger partial charge >= 0.3 is 5.97 Å². The summed E-state index contributed by atoms with van der Waals surface area (Å²) >= 11 is 0. The lowest BCUT2D eigenvalue weighted by molar-refractivity contribution is -0.131. The van der Waals surface area contributed by atoms with Crippen LogP contribution in [-0.4, -0.2) is 30.4 Å². The number of hydrogen-bond donors (Lipinski definition) is 1. The number of benzene rings is 1. The zero-order chi connectivity index (χ0) is 12.8. The third-order valence-corrected chi connectivity index (χ3v) is 2.74. The van der Waals surface area contributed by atoms with Gasteiger partial charge in [-0.2, -0.15) is 0 Å². The number of hydrogen-bond acceptors (Lipinski definition) is 3. The average molecular weight is 248 g/mol. The lowest BCUT2D eigenvalue weighted by Gasteiger charge is -2.11. The summed E-state index contributed by atoms with van der Waals surface area (Å²) in [5, 5.41) is 8.56. The molecule has 1 N–H and O–H groups in total. The van der Waals surface area contributed by atoms with E-state index < -0.39 is 5.97 Å². The molecular formula is C14H16O4. The van der Waals surface area contributed by atoms with Gasteiger partial charge < -0.3 is 14.6 Å². The molecule has 1 aliphatic rings. The maximum Gasteiger partial charge on any atom is 0.328 e. The first kappa shape index (κ1) is 12.6. The van der Waals surface area contributed by atoms with Crippen molar-refractivity contribution in [1.82, 2.24) is 0 Å². The lowest BCUT2D eigenvalue weighted by atomic mass is 10.2. The second-order valence-electron chi connectivity index (χ2n) is 4.19. The fraction of sp³-hybridized carbons (Fsp3) is 0.357. The number of aliphatic carboxylic acids is 1. The first-order chi connectivity index (χ1) is 8.74. The summed E-state index contributed by atoms with van der Waals surface area (Å²) in [6.45, 7) is 1.36. The van der Waals surface area contributed by atoms with Gasteiger partial charge in [0.15, 0.2) is 0 Å². The summed E-state index contributed by atoms with van der Waals surface area (Å²) in [5.41, 5.74) is 0.808. The van der Waals surface area contributed by atoms with E-state index in [9.17, 15) is 4.79 Å². The SMILES string of the molecule is O=C(O)/C=C/c1cccc(OCC2CCCO2)c1. The van der Waals surface area contributed by atoms with Gasteiger partial charge in [-0.15, -0.1) is 0 Å². The van der Waals surface area contributed by atoms with Gasteiger partial charge in [0.1, 0.15) is 12.4 Å². The summed E-state index contributed by atoms with van der Waals surface area (Å²) in [4.78, 5) is 10.4. The molecule has 0 aliphatic carbocycles. The molecule has 1 atom stereocenters. The van der Waals surface area contributed by atoms with Gasteiger partial charge in [-0.05, 0) is 36.6 Å². The minimum absolute atomic E-state index is 0.184. The van der Waals surface area contributed by atoms with Crippen molar-refractivity contribution in [2.24, 2.45) is 0 Å². The number of carboxylic acids is 1. The van der Waals surface area contributed by atoms with Crippen LogP contribution < -0.4 is 4.74 Å². The van der Waals surface area contributed by atoms with Crippen molar-refractivity contribution in [3.63, 3.8) is 0 Å². The molecule has 1 aromatic carbocycles. The Bertz CT molecular complexity index is 433. The quantitative estimate of drug-likeness (QED) is 0.813. The van der Waals surface area contributed by atoms with Crippen LogP contribution in [0.4, 0.5) is 0 Å². The van der Waals surface area contributed by atoms with Gasteiger partial charge in [-0.25, -0.2) is 4.79 Å². The predicted molar refractivity (Wildman–Crippen MR) is 67.6 cm³/mol. The molecule has 0 aromatic heterocycles. The normalized spacial score (nSPS) is 19.2. The smallest absolute Gasteiger partial charge is 0.328 e. The van der Waals surface area contributed by atoms with Crippen LogP contribution in [0, 0.1) is 0 Å². The van der Waals surface area contributed by atoms with Crippen LogP contribution in [0.1, 0.15) is 18.4 Å². The van der Waals surface area contributed by atoms with E-state index in [0.717, 1.165) is 36.8 Å². The van der Waals surface area contributed by atoms with Gasteiger partial charge in [-0.1, -0.05) is 12.1 Å². The summed E-state index contributed by atoms with van der Waals surface area (Å²) < 4.78 is 11.1. The van der Waals surface area contributed by atoms with Gasteiger partial charge in [0, 0.05) is 12.7 Å². The fourth-order valence-corrected chi connectivity index (χ4v) is 1.84. The molecule has 18 heavy (non-hydrogen) atoms. The minimum Gasteiger partial charge on any atom is -0.491 e. The maximum absolute atomic E-state index is 10.4. The first-order valence-corrected chi connectivity index (χ1v) is 5.99. The van der Waals surface area contributed by atoms with Crippen LogP contribution in [0.3, 0.4) is 0 Å². The van der Waals surface area contributed by atoms with Crippen LogP contribution in [0.15, 0.2) is 30.3 Å². The molecule has 0 radical (unpaired) electrons. The Morgan fingerprint density at radius 2 is 2.44 bits per heavy atom. The summed E-state index contributed by atoms with van der Waals surface area (Å²) in [6, 6.07) is 7.34. The van der Waals surface area contributed by atoms with Crippen LogP contribution >= 0.6 is 0 Å². The van der Waals surface area contributed by atoms with E-state index in [0.29, 0.717) is 6.61 Å². The number of ether oxygens (including phenoxy) is 2. The highest BCUT2D eigenvalue weighted by atomic mass is 16.5. The number of carboxylic acid groups (broad SMARTS) is 1. The van der Waals surface area contributed by atoms with Crippen LogP contribution in [-0.2, 0) is 9.53 Å². The molecule has 1 aliphatic heterocycles. The van der Waals surface area contributed by atoms with Crippen LogP contribution in [0.5, 0.6) is 5.75 Å². The summed E-state index contributed by atoms with van der Waals surface area (Å²) in [7, 11) is 0. The Hall–Kier alpha value is -1.81. The molecule has 0 spiro atoms. The Morgan fingerprint density at radius 3 is 3.17 bits per heavy atom. The Morgan fingerprint density at radius 1 is 1.56 bits per heavy atom. The van der Waals surface area contributed by atoms with Crippen molar-refractivity contribution in [1.29, 1.82) is 0 Å². The molecule has 1 fully saturated rings. The monoisotopic (exact) mass is 248 g/mol. The highest BCUT2D eigenvalue weighted by molar-refractivity contribution is 5.85. The zero-order valence-electron chi connectivity index (χ0n) is 10.0. The van der Waals surface area contributed by atoms with E-state index in [4.69, 9.17) is 14.6 Å². The minimum atomic E-state index is -0.958. The Labute approximate surface area is 106 Å². The molecule has 96 valence electrons. The third kappa shape index (κ3) is 3.89. The molecule has 4 nitrogen and oxygen atoms in total. The van der Waals surface area contributed by atoms with Crippen molar-refractivity contribution in [2.75, 3.05) is 13.2 Å². The molecule has 1 unspecified atom stereocenters. The molecule has 2 rings (SSSR count). The van der Waals surface area contributed by atoms with E-state index >= 15 is 0 Å². The van der Waals surface area contributed by atoms with E-state index in [1.165, 1.54) is 0 Å². The average Bonchev–Trinajstić information content (AvgIpc) is 2.87. The third-order valence-electron chi connectivity index (χ3n) is 2.74. The van der Waals surface area contributed by atoms with Gasteiger partial charge in [0.25, 0.3) is 0 Å². The van der Waals surface area contributed by atoms with Gasteiger partial charge in [-0.3, -0.25) is 0 Å². The highest BCUT2D eigenvalue weighted by Gasteiger charge is 2.15. The molecule has 1 saturated heterocycles. The molecule has 0 bridgehead atoms. The maximum atomic E-state index is 10.4. The molecule has 0 saturated carbocycles. The van der Waals surface area contributed by atoms with Crippen molar-refractivity contribution in [2.45, 2.75) is 18.9 Å². The molecular weight excluding hydrogens is 232 g/mol. The van der Waals surface area contributed by atoms with Crippen molar-refractivity contribution in [3.05, 3.63) is 35.9 Å². The molecule has 0 amide bonds. The van der Waals surface area contributed by atoms with Gasteiger partial charge in [0.05, 0.1) is 6.10 Å². The Kier molecular flexibility index (Phi) is 4.36. The number of rotatable bonds is 5. The van der Waals surface area contributed by atoms with Crippen molar-refractivity contribution in [3.8, 4) is 5.75 Å². The van der Waals surface area contributed by atoms with E-state index in [-0.39, 0.29) is 6.10 Å². The fourth-order valence-electron chi connectivity index (χ4n) is 1.84. The van der Waals surface area contributed by atoms with Crippen molar-refractivity contribution < 1.29 is 19.4 Å². The van der Waals surface area contributed by atoms with Crippen LogP contribution in [0.25, 0.3) is 6.08 Å². The zero-order valence-corrected chi connectivity index (χ0v) is 10.0. The van der Waals surface area contributed by atoms with Gasteiger partial charge in [0.2, 0.25) is 0 Å². The second kappa shape index (κ2) is 6.21. The molecule has 1 aromatic rings. The second-order valence-corrected chi connectivity index (χ2v) is 4.19. The molecule has 4 heteroatoms. The van der Waals surface area contributed by atoms with E-state index in [1.807, 2.05) is 24.3 Å². The lowest BCUT2D eigenvalue weighted by Crippen LogP contribution is -2.16. The summed E-state index contributed by atoms with van der Waals surface area (Å²) in [6.07, 6.45) is 4.97.